The highest BCUT2D eigenvalue weighted by Gasteiger charge is 2.40. The Labute approximate surface area is 212 Å². The van der Waals surface area contributed by atoms with Gasteiger partial charge in [-0.05, 0) is 79.5 Å². The molecule has 37 heavy (non-hydrogen) atoms. The van der Waals surface area contributed by atoms with Gasteiger partial charge in [0.05, 0.1) is 5.92 Å². The summed E-state index contributed by atoms with van der Waals surface area (Å²) in [7, 11) is 0. The van der Waals surface area contributed by atoms with Crippen molar-refractivity contribution in [2.45, 2.75) is 83.7 Å². The zero-order valence-electron chi connectivity index (χ0n) is 20.8. The number of carbonyl (C=O) groups excluding carboxylic acids is 1. The number of rotatable bonds is 7. The van der Waals surface area contributed by atoms with Gasteiger partial charge in [0, 0.05) is 5.39 Å². The van der Waals surface area contributed by atoms with E-state index in [4.69, 9.17) is 4.74 Å². The molecule has 2 aromatic rings. The molecule has 2 aromatic carbocycles. The fourth-order valence-electron chi connectivity index (χ4n) is 6.03. The first-order chi connectivity index (χ1) is 17.6. The van der Waals surface area contributed by atoms with Crippen molar-refractivity contribution in [3.63, 3.8) is 0 Å². The van der Waals surface area contributed by atoms with Crippen LogP contribution in [-0.2, 0) is 4.79 Å². The fraction of sp³-hybridized carbons (Fsp3) is 0.607. The van der Waals surface area contributed by atoms with Crippen LogP contribution in [0.15, 0.2) is 24.3 Å². The maximum atomic E-state index is 15.1. The lowest BCUT2D eigenvalue weighted by atomic mass is 9.68. The third-order valence-corrected chi connectivity index (χ3v) is 8.03. The van der Waals surface area contributed by atoms with Crippen molar-refractivity contribution < 1.29 is 40.6 Å². The van der Waals surface area contributed by atoms with Gasteiger partial charge in [-0.3, -0.25) is 4.79 Å². The predicted molar refractivity (Wildman–Crippen MR) is 127 cm³/mol. The Hall–Kier alpha value is -2.45. The number of esters is 1. The van der Waals surface area contributed by atoms with Crippen LogP contribution in [0.4, 0.5) is 26.3 Å². The molecule has 0 amide bonds. The van der Waals surface area contributed by atoms with Crippen LogP contribution in [0.2, 0.25) is 0 Å². The van der Waals surface area contributed by atoms with Crippen molar-refractivity contribution in [1.82, 2.24) is 0 Å². The zero-order chi connectivity index (χ0) is 26.7. The van der Waals surface area contributed by atoms with Crippen LogP contribution in [-0.4, -0.2) is 18.5 Å². The lowest BCUT2D eigenvalue weighted by Gasteiger charge is -2.38. The molecule has 3 atom stereocenters. The normalized spacial score (nSPS) is 26.7. The molecule has 0 aromatic heterocycles. The maximum absolute atomic E-state index is 15.1. The summed E-state index contributed by atoms with van der Waals surface area (Å²) in [6, 6.07) is 4.04. The van der Waals surface area contributed by atoms with Crippen LogP contribution in [0.5, 0.6) is 11.5 Å². The summed E-state index contributed by atoms with van der Waals surface area (Å²) in [6.07, 6.45) is 3.18. The highest BCUT2D eigenvalue weighted by atomic mass is 19.4. The van der Waals surface area contributed by atoms with E-state index in [0.29, 0.717) is 24.8 Å². The average Bonchev–Trinajstić information content (AvgIpc) is 2.84. The number of unbranched alkanes of at least 4 members (excludes halogenated alkanes) is 1. The third kappa shape index (κ3) is 6.71. The first-order valence-electron chi connectivity index (χ1n) is 13.1. The van der Waals surface area contributed by atoms with E-state index in [9.17, 15) is 26.7 Å². The molecule has 3 nitrogen and oxygen atoms in total. The smallest absolute Gasteiger partial charge is 0.426 e. The molecule has 0 spiro atoms. The molecule has 2 saturated carbocycles. The van der Waals surface area contributed by atoms with Crippen LogP contribution in [0, 0.1) is 35.3 Å². The van der Waals surface area contributed by atoms with Gasteiger partial charge in [-0.15, -0.1) is 13.2 Å². The Morgan fingerprint density at radius 2 is 1.70 bits per heavy atom. The van der Waals surface area contributed by atoms with Gasteiger partial charge in [0.1, 0.15) is 11.9 Å². The summed E-state index contributed by atoms with van der Waals surface area (Å²) in [5, 5.41) is -0.460. The zero-order valence-corrected chi connectivity index (χ0v) is 20.8. The minimum Gasteiger partial charge on any atom is -0.426 e. The molecule has 2 aliphatic carbocycles. The van der Waals surface area contributed by atoms with Gasteiger partial charge in [0.15, 0.2) is 11.6 Å². The predicted octanol–water partition coefficient (Wildman–Crippen LogP) is 8.67. The number of hydrogen-bond acceptors (Lipinski definition) is 3. The van der Waals surface area contributed by atoms with Crippen LogP contribution >= 0.6 is 0 Å². The van der Waals surface area contributed by atoms with Crippen molar-refractivity contribution in [2.24, 2.45) is 23.7 Å². The molecular formula is C28H32F6O3. The van der Waals surface area contributed by atoms with Crippen LogP contribution < -0.4 is 9.47 Å². The number of hydrogen-bond donors (Lipinski definition) is 0. The SMILES string of the molecule is CCCCC1CCC(C2CCC(C(=O)Oc3ccc4c(F)c(OC(F)(F)F)c(F)cc4c3)C(F)C2)CC1. The molecule has 4 rings (SSSR count). The van der Waals surface area contributed by atoms with Crippen molar-refractivity contribution in [3.05, 3.63) is 35.9 Å². The molecule has 0 aliphatic heterocycles. The quantitative estimate of drug-likeness (QED) is 0.204. The number of carbonyl (C=O) groups is 1. The molecule has 0 saturated heterocycles. The van der Waals surface area contributed by atoms with E-state index in [1.165, 1.54) is 38.2 Å². The van der Waals surface area contributed by atoms with Gasteiger partial charge >= 0.3 is 12.3 Å². The number of ether oxygens (including phenoxy) is 2. The minimum absolute atomic E-state index is 0.0690. The summed E-state index contributed by atoms with van der Waals surface area (Å²) in [5.41, 5.74) is 0. The maximum Gasteiger partial charge on any atom is 0.573 e. The van der Waals surface area contributed by atoms with Crippen LogP contribution in [0.1, 0.15) is 71.1 Å². The van der Waals surface area contributed by atoms with Crippen LogP contribution in [0.3, 0.4) is 0 Å². The number of fused-ring (bicyclic) bond motifs is 1. The lowest BCUT2D eigenvalue weighted by molar-refractivity contribution is -0.276. The highest BCUT2D eigenvalue weighted by Crippen LogP contribution is 2.43. The average molecular weight is 531 g/mol. The topological polar surface area (TPSA) is 35.5 Å². The summed E-state index contributed by atoms with van der Waals surface area (Å²) < 4.78 is 89.8. The second-order valence-corrected chi connectivity index (χ2v) is 10.5. The second-order valence-electron chi connectivity index (χ2n) is 10.5. The van der Waals surface area contributed by atoms with E-state index in [1.54, 1.807) is 0 Å². The minimum atomic E-state index is -5.26. The summed E-state index contributed by atoms with van der Waals surface area (Å²) in [6.45, 7) is 2.20. The van der Waals surface area contributed by atoms with Gasteiger partial charge in [-0.1, -0.05) is 39.0 Å². The Bertz CT molecular complexity index is 1090. The Balaban J connectivity index is 1.36. The molecule has 204 valence electrons. The van der Waals surface area contributed by atoms with Crippen LogP contribution in [0.25, 0.3) is 10.8 Å². The van der Waals surface area contributed by atoms with Crippen molar-refractivity contribution in [3.8, 4) is 11.5 Å². The summed E-state index contributed by atoms with van der Waals surface area (Å²) in [5.74, 6) is -4.86. The van der Waals surface area contributed by atoms with E-state index in [0.717, 1.165) is 37.3 Å². The number of halogens is 6. The molecule has 0 radical (unpaired) electrons. The molecule has 0 heterocycles. The van der Waals surface area contributed by atoms with Gasteiger partial charge in [0.25, 0.3) is 0 Å². The Morgan fingerprint density at radius 3 is 2.35 bits per heavy atom. The van der Waals surface area contributed by atoms with E-state index in [-0.39, 0.29) is 22.4 Å². The lowest BCUT2D eigenvalue weighted by Crippen LogP contribution is -2.37. The van der Waals surface area contributed by atoms with Crippen molar-refractivity contribution in [1.29, 1.82) is 0 Å². The van der Waals surface area contributed by atoms with E-state index < -0.39 is 41.8 Å². The molecular weight excluding hydrogens is 498 g/mol. The first kappa shape index (κ1) is 27.6. The largest absolute Gasteiger partial charge is 0.573 e. The first-order valence-corrected chi connectivity index (χ1v) is 13.1. The van der Waals surface area contributed by atoms with Gasteiger partial charge in [0.2, 0.25) is 5.75 Å². The van der Waals surface area contributed by atoms with E-state index in [1.807, 2.05) is 0 Å². The fourth-order valence-corrected chi connectivity index (χ4v) is 6.03. The van der Waals surface area contributed by atoms with E-state index in [2.05, 4.69) is 11.7 Å². The highest BCUT2D eigenvalue weighted by molar-refractivity contribution is 5.87. The van der Waals surface area contributed by atoms with Gasteiger partial charge in [-0.25, -0.2) is 13.2 Å². The van der Waals surface area contributed by atoms with Crippen molar-refractivity contribution >= 4 is 16.7 Å². The summed E-state index contributed by atoms with van der Waals surface area (Å²) in [4.78, 5) is 12.7. The molecule has 0 N–H and O–H groups in total. The van der Waals surface area contributed by atoms with Gasteiger partial charge in [-0.2, -0.15) is 0 Å². The van der Waals surface area contributed by atoms with Crippen molar-refractivity contribution in [2.75, 3.05) is 0 Å². The number of alkyl halides is 4. The van der Waals surface area contributed by atoms with Gasteiger partial charge < -0.3 is 9.47 Å². The van der Waals surface area contributed by atoms with E-state index >= 15 is 4.39 Å². The Morgan fingerprint density at radius 1 is 1.00 bits per heavy atom. The molecule has 3 unspecified atom stereocenters. The Kier molecular flexibility index (Phi) is 8.59. The monoisotopic (exact) mass is 530 g/mol. The summed E-state index contributed by atoms with van der Waals surface area (Å²) >= 11 is 0. The molecule has 0 bridgehead atoms. The molecule has 2 aliphatic rings. The standard InChI is InChI=1S/C28H32F6O3/c1-2-3-4-16-5-7-17(8-6-16)18-9-11-22(23(29)14-18)27(35)36-20-10-12-21-19(13-20)15-24(30)26(25(21)31)37-28(32,33)34/h10,12-13,15-18,22-23H,2-9,11,14H2,1H3. The number of benzene rings is 2. The molecule has 9 heteroatoms. The third-order valence-electron chi connectivity index (χ3n) is 8.03. The second kappa shape index (κ2) is 11.5. The molecule has 2 fully saturated rings.